The second-order valence-corrected chi connectivity index (χ2v) is 2.50. The fourth-order valence-corrected chi connectivity index (χ4v) is 0.506. The zero-order chi connectivity index (χ0) is 8.20. The maximum atomic E-state index is 10.3. The number of hydrogen-bond acceptors (Lipinski definition) is 5. The second-order valence-electron chi connectivity index (χ2n) is 1.18. The highest BCUT2D eigenvalue weighted by Crippen LogP contribution is 1.93. The summed E-state index contributed by atoms with van der Waals surface area (Å²) in [6.45, 7) is 2.98. The van der Waals surface area contributed by atoms with E-state index < -0.39 is 16.4 Å². The summed E-state index contributed by atoms with van der Waals surface area (Å²) in [6.07, 6.45) is 0.719. The van der Waals surface area contributed by atoms with Gasteiger partial charge in [-0.05, 0) is 0 Å². The first-order valence-corrected chi connectivity index (χ1v) is 3.51. The lowest BCUT2D eigenvalue weighted by Gasteiger charge is -1.96. The predicted molar refractivity (Wildman–Crippen MR) is 32.2 cm³/mol. The van der Waals surface area contributed by atoms with Gasteiger partial charge >= 0.3 is 16.4 Å². The average molecular weight is 166 g/mol. The third-order valence-corrected chi connectivity index (χ3v) is 1.33. The molecule has 10 heavy (non-hydrogen) atoms. The Morgan fingerprint density at radius 2 is 2.10 bits per heavy atom. The molecule has 0 aromatic carbocycles. The van der Waals surface area contributed by atoms with Gasteiger partial charge in [0.1, 0.15) is 0 Å². The van der Waals surface area contributed by atoms with Crippen molar-refractivity contribution in [1.82, 2.24) is 0 Å². The summed E-state index contributed by atoms with van der Waals surface area (Å²) in [5, 5.41) is 0. The zero-order valence-electron chi connectivity index (χ0n) is 5.23. The van der Waals surface area contributed by atoms with Crippen LogP contribution in [0.1, 0.15) is 0 Å². The lowest BCUT2D eigenvalue weighted by Crippen LogP contribution is -2.11. The van der Waals surface area contributed by atoms with Crippen LogP contribution in [0.4, 0.5) is 0 Å². The molecule has 0 aliphatic heterocycles. The Morgan fingerprint density at radius 1 is 1.60 bits per heavy atom. The van der Waals surface area contributed by atoms with Gasteiger partial charge in [0, 0.05) is 6.08 Å². The molecule has 0 amide bonds. The van der Waals surface area contributed by atoms with E-state index in [9.17, 15) is 13.2 Å². The molecule has 0 saturated heterocycles. The molecule has 0 aromatic heterocycles. The fraction of sp³-hybridized carbons (Fsp3) is 0.250. The largest absolute Gasteiger partial charge is 0.451 e. The SMILES string of the molecule is C=CC(=O)OS(=O)(=O)OC. The normalized spacial score (nSPS) is 10.5. The van der Waals surface area contributed by atoms with Crippen molar-refractivity contribution in [1.29, 1.82) is 0 Å². The highest BCUT2D eigenvalue weighted by atomic mass is 32.3. The zero-order valence-corrected chi connectivity index (χ0v) is 6.05. The Morgan fingerprint density at radius 3 is 2.40 bits per heavy atom. The van der Waals surface area contributed by atoms with Gasteiger partial charge in [0.15, 0.2) is 0 Å². The lowest BCUT2D eigenvalue weighted by atomic mass is 10.7. The molecular formula is C4H6O5S. The number of carbonyl (C=O) groups excluding carboxylic acids is 1. The Kier molecular flexibility index (Phi) is 3.04. The number of carbonyl (C=O) groups is 1. The predicted octanol–water partition coefficient (Wildman–Crippen LogP) is -0.393. The van der Waals surface area contributed by atoms with Crippen LogP contribution in [-0.4, -0.2) is 21.5 Å². The smallest absolute Gasteiger partial charge is 0.321 e. The van der Waals surface area contributed by atoms with E-state index in [1.807, 2.05) is 0 Å². The molecule has 58 valence electrons. The standard InChI is InChI=1S/C4H6O5S/c1-3-4(5)9-10(6,7)8-2/h3H,1H2,2H3. The van der Waals surface area contributed by atoms with Gasteiger partial charge in [0.05, 0.1) is 7.11 Å². The molecule has 6 heteroatoms. The molecule has 0 spiro atoms. The van der Waals surface area contributed by atoms with Crippen molar-refractivity contribution in [3.8, 4) is 0 Å². The monoisotopic (exact) mass is 166 g/mol. The van der Waals surface area contributed by atoms with Crippen LogP contribution < -0.4 is 0 Å². The van der Waals surface area contributed by atoms with Gasteiger partial charge in [-0.1, -0.05) is 6.58 Å². The van der Waals surface area contributed by atoms with E-state index in [0.29, 0.717) is 0 Å². The van der Waals surface area contributed by atoms with Crippen LogP contribution in [0.2, 0.25) is 0 Å². The van der Waals surface area contributed by atoms with Crippen molar-refractivity contribution in [3.05, 3.63) is 12.7 Å². The summed E-state index contributed by atoms with van der Waals surface area (Å²) in [5.74, 6) is -1.07. The highest BCUT2D eigenvalue weighted by Gasteiger charge is 2.12. The maximum absolute atomic E-state index is 10.3. The molecule has 0 N–H and O–H groups in total. The van der Waals surface area contributed by atoms with Crippen molar-refractivity contribution < 1.29 is 21.6 Å². The van der Waals surface area contributed by atoms with Crippen molar-refractivity contribution in [3.63, 3.8) is 0 Å². The van der Waals surface area contributed by atoms with E-state index in [2.05, 4.69) is 14.9 Å². The van der Waals surface area contributed by atoms with Gasteiger partial charge in [-0.3, -0.25) is 0 Å². The summed E-state index contributed by atoms with van der Waals surface area (Å²) in [4.78, 5) is 10.2. The van der Waals surface area contributed by atoms with E-state index in [-0.39, 0.29) is 0 Å². The van der Waals surface area contributed by atoms with Crippen LogP contribution in [0.3, 0.4) is 0 Å². The Bertz CT molecular complexity index is 226. The van der Waals surface area contributed by atoms with Gasteiger partial charge in [-0.15, -0.1) is 0 Å². The summed E-state index contributed by atoms with van der Waals surface area (Å²) in [7, 11) is -3.27. The van der Waals surface area contributed by atoms with E-state index in [1.54, 1.807) is 0 Å². The quantitative estimate of drug-likeness (QED) is 0.534. The van der Waals surface area contributed by atoms with Crippen molar-refractivity contribution in [2.75, 3.05) is 7.11 Å². The van der Waals surface area contributed by atoms with E-state index in [4.69, 9.17) is 0 Å². The molecule has 0 heterocycles. The summed E-state index contributed by atoms with van der Waals surface area (Å²) in [6, 6.07) is 0. The molecule has 0 rings (SSSR count). The Balaban J connectivity index is 4.16. The molecule has 0 fully saturated rings. The first-order chi connectivity index (χ1) is 4.52. The van der Waals surface area contributed by atoms with Crippen LogP contribution in [0.15, 0.2) is 12.7 Å². The molecule has 0 aromatic rings. The minimum absolute atomic E-state index is 0.719. The van der Waals surface area contributed by atoms with Crippen molar-refractivity contribution in [2.45, 2.75) is 0 Å². The average Bonchev–Trinajstić information content (AvgIpc) is 1.87. The summed E-state index contributed by atoms with van der Waals surface area (Å²) >= 11 is 0. The number of rotatable bonds is 3. The van der Waals surface area contributed by atoms with E-state index in [0.717, 1.165) is 13.2 Å². The first kappa shape index (κ1) is 9.12. The molecule has 0 atom stereocenters. The van der Waals surface area contributed by atoms with Gasteiger partial charge in [0.2, 0.25) is 0 Å². The van der Waals surface area contributed by atoms with Crippen LogP contribution in [0.5, 0.6) is 0 Å². The van der Waals surface area contributed by atoms with Gasteiger partial charge in [0.25, 0.3) is 0 Å². The van der Waals surface area contributed by atoms with Gasteiger partial charge in [-0.2, -0.15) is 8.42 Å². The van der Waals surface area contributed by atoms with E-state index in [1.165, 1.54) is 0 Å². The first-order valence-electron chi connectivity index (χ1n) is 2.18. The van der Waals surface area contributed by atoms with E-state index >= 15 is 0 Å². The topological polar surface area (TPSA) is 69.7 Å². The van der Waals surface area contributed by atoms with Crippen molar-refractivity contribution >= 4 is 16.4 Å². The third kappa shape index (κ3) is 3.21. The third-order valence-electron chi connectivity index (χ3n) is 0.555. The molecule has 5 nitrogen and oxygen atoms in total. The van der Waals surface area contributed by atoms with Crippen LogP contribution in [0.25, 0.3) is 0 Å². The molecule has 0 aliphatic rings. The minimum Gasteiger partial charge on any atom is -0.321 e. The summed E-state index contributed by atoms with van der Waals surface area (Å²) < 4.78 is 28.0. The maximum Gasteiger partial charge on any atom is 0.451 e. The molecule has 0 saturated carbocycles. The van der Waals surface area contributed by atoms with Crippen LogP contribution in [-0.2, 0) is 23.6 Å². The van der Waals surface area contributed by atoms with Gasteiger partial charge in [-0.25, -0.2) is 8.98 Å². The lowest BCUT2D eigenvalue weighted by molar-refractivity contribution is -0.129. The van der Waals surface area contributed by atoms with Crippen LogP contribution >= 0.6 is 0 Å². The van der Waals surface area contributed by atoms with Crippen LogP contribution in [0, 0.1) is 0 Å². The summed E-state index contributed by atoms with van der Waals surface area (Å²) in [5.41, 5.74) is 0. The molecule has 0 radical (unpaired) electrons. The second kappa shape index (κ2) is 3.33. The number of hydrogen-bond donors (Lipinski definition) is 0. The Labute approximate surface area is 58.6 Å². The Hall–Kier alpha value is -0.880. The minimum atomic E-state index is -4.15. The molecule has 0 unspecified atom stereocenters. The fourth-order valence-electron chi connectivity index (χ4n) is 0.169. The highest BCUT2D eigenvalue weighted by molar-refractivity contribution is 7.82. The van der Waals surface area contributed by atoms with Gasteiger partial charge < -0.3 is 4.18 Å². The molecular weight excluding hydrogens is 160 g/mol. The molecule has 0 bridgehead atoms. The molecule has 0 aliphatic carbocycles. The van der Waals surface area contributed by atoms with Crippen molar-refractivity contribution in [2.24, 2.45) is 0 Å².